The van der Waals surface area contributed by atoms with E-state index in [1.807, 2.05) is 18.2 Å². The number of rotatable bonds is 3. The van der Waals surface area contributed by atoms with Crippen molar-refractivity contribution < 1.29 is 14.5 Å². The predicted octanol–water partition coefficient (Wildman–Crippen LogP) is 4.36. The fraction of sp³-hybridized carbons (Fsp3) is 0. The first kappa shape index (κ1) is 16.4. The first-order valence-corrected chi connectivity index (χ1v) is 7.84. The Kier molecular flexibility index (Phi) is 4.46. The summed E-state index contributed by atoms with van der Waals surface area (Å²) in [5, 5.41) is 11.1. The monoisotopic (exact) mass is 406 g/mol. The number of ether oxygens (including phenoxy) is 1. The van der Waals surface area contributed by atoms with Gasteiger partial charge in [-0.3, -0.25) is 10.1 Å². The van der Waals surface area contributed by atoms with Gasteiger partial charge in [0.25, 0.3) is 5.69 Å². The molecule has 2 aromatic rings. The first-order valence-electron chi connectivity index (χ1n) is 6.67. The topological polar surface area (TPSA) is 81.8 Å². The molecule has 2 aromatic carbocycles. The number of hydrogen-bond acceptors (Lipinski definition) is 5. The molecular formula is C16H8BrClN2O4. The molecule has 1 aliphatic heterocycles. The lowest BCUT2D eigenvalue weighted by molar-refractivity contribution is -0.384. The molecule has 6 nitrogen and oxygen atoms in total. The minimum absolute atomic E-state index is 0.0630. The zero-order chi connectivity index (χ0) is 17.3. The van der Waals surface area contributed by atoms with Crippen LogP contribution in [0, 0.1) is 10.1 Å². The molecule has 1 aliphatic rings. The van der Waals surface area contributed by atoms with Gasteiger partial charge >= 0.3 is 5.97 Å². The third-order valence-corrected chi connectivity index (χ3v) is 4.26. The van der Waals surface area contributed by atoms with Crippen LogP contribution in [0.1, 0.15) is 11.1 Å². The quantitative estimate of drug-likeness (QED) is 0.328. The van der Waals surface area contributed by atoms with E-state index in [2.05, 4.69) is 20.9 Å². The largest absolute Gasteiger partial charge is 0.402 e. The summed E-state index contributed by atoms with van der Waals surface area (Å²) in [5.41, 5.74) is 0.852. The van der Waals surface area contributed by atoms with Crippen molar-refractivity contribution in [1.29, 1.82) is 0 Å². The minimum atomic E-state index is -0.650. The van der Waals surface area contributed by atoms with Gasteiger partial charge in [0, 0.05) is 16.6 Å². The maximum Gasteiger partial charge on any atom is 0.363 e. The summed E-state index contributed by atoms with van der Waals surface area (Å²) in [6.07, 6.45) is 1.56. The number of benzene rings is 2. The maximum atomic E-state index is 12.0. The van der Waals surface area contributed by atoms with E-state index in [-0.39, 0.29) is 27.9 Å². The summed E-state index contributed by atoms with van der Waals surface area (Å²) in [5.74, 6) is -0.713. The molecule has 0 saturated carbocycles. The Bertz CT molecular complexity index is 924. The number of nitro benzene ring substituents is 1. The molecule has 0 spiro atoms. The Morgan fingerprint density at radius 2 is 2.00 bits per heavy atom. The van der Waals surface area contributed by atoms with Gasteiger partial charge in [-0.25, -0.2) is 9.79 Å². The standard InChI is InChI=1S/C16H8BrClN2O4/c17-12-4-2-1-3-9(12)7-14-16(21)24-15(19-14)11-8-10(20(22)23)5-6-13(11)18/h1-8H. The lowest BCUT2D eigenvalue weighted by Crippen LogP contribution is -2.06. The minimum Gasteiger partial charge on any atom is -0.402 e. The average molecular weight is 408 g/mol. The van der Waals surface area contributed by atoms with E-state index in [0.717, 1.165) is 10.0 Å². The van der Waals surface area contributed by atoms with Gasteiger partial charge < -0.3 is 4.74 Å². The number of aliphatic imine (C=N–C) groups is 1. The number of carbonyl (C=O) groups is 1. The van der Waals surface area contributed by atoms with Crippen LogP contribution in [0.3, 0.4) is 0 Å². The second kappa shape index (κ2) is 6.54. The van der Waals surface area contributed by atoms with Crippen LogP contribution < -0.4 is 0 Å². The van der Waals surface area contributed by atoms with E-state index >= 15 is 0 Å². The number of halogens is 2. The van der Waals surface area contributed by atoms with Crippen LogP contribution in [0.2, 0.25) is 5.02 Å². The lowest BCUT2D eigenvalue weighted by atomic mass is 10.2. The van der Waals surface area contributed by atoms with Crippen molar-refractivity contribution in [3.8, 4) is 0 Å². The molecule has 0 bridgehead atoms. The fourth-order valence-electron chi connectivity index (χ4n) is 2.05. The fourth-order valence-corrected chi connectivity index (χ4v) is 2.65. The number of non-ortho nitro benzene ring substituents is 1. The van der Waals surface area contributed by atoms with Gasteiger partial charge in [0.15, 0.2) is 5.70 Å². The van der Waals surface area contributed by atoms with Crippen molar-refractivity contribution >= 4 is 51.2 Å². The van der Waals surface area contributed by atoms with Crippen molar-refractivity contribution in [1.82, 2.24) is 0 Å². The van der Waals surface area contributed by atoms with E-state index in [0.29, 0.717) is 0 Å². The van der Waals surface area contributed by atoms with Crippen molar-refractivity contribution in [2.45, 2.75) is 0 Å². The van der Waals surface area contributed by atoms with Crippen molar-refractivity contribution in [3.63, 3.8) is 0 Å². The van der Waals surface area contributed by atoms with E-state index in [1.54, 1.807) is 12.1 Å². The maximum absolute atomic E-state index is 12.0. The first-order chi connectivity index (χ1) is 11.5. The normalized spacial score (nSPS) is 15.3. The summed E-state index contributed by atoms with van der Waals surface area (Å²) in [7, 11) is 0. The van der Waals surface area contributed by atoms with Crippen LogP contribution in [0.25, 0.3) is 6.08 Å². The number of nitro groups is 1. The zero-order valence-corrected chi connectivity index (χ0v) is 14.2. The second-order valence-corrected chi connectivity index (χ2v) is 6.04. The SMILES string of the molecule is O=C1OC(c2cc([N+](=O)[O-])ccc2Cl)=NC1=Cc1ccccc1Br. The van der Waals surface area contributed by atoms with Crippen LogP contribution in [0.4, 0.5) is 5.69 Å². The van der Waals surface area contributed by atoms with Crippen LogP contribution in [0.5, 0.6) is 0 Å². The molecule has 120 valence electrons. The third kappa shape index (κ3) is 3.22. The summed E-state index contributed by atoms with van der Waals surface area (Å²) in [6, 6.07) is 11.1. The molecular weight excluding hydrogens is 400 g/mol. The highest BCUT2D eigenvalue weighted by molar-refractivity contribution is 9.10. The Hall–Kier alpha value is -2.51. The lowest BCUT2D eigenvalue weighted by Gasteiger charge is -2.02. The van der Waals surface area contributed by atoms with Crippen molar-refractivity contribution in [2.24, 2.45) is 4.99 Å². The molecule has 0 saturated heterocycles. The van der Waals surface area contributed by atoms with E-state index in [9.17, 15) is 14.9 Å². The molecule has 0 amide bonds. The Morgan fingerprint density at radius 1 is 1.25 bits per heavy atom. The van der Waals surface area contributed by atoms with Crippen LogP contribution in [-0.4, -0.2) is 16.8 Å². The van der Waals surface area contributed by atoms with Gasteiger partial charge in [0.1, 0.15) is 0 Å². The molecule has 0 radical (unpaired) electrons. The molecule has 0 N–H and O–H groups in total. The van der Waals surface area contributed by atoms with Gasteiger partial charge in [0.2, 0.25) is 5.90 Å². The molecule has 0 atom stereocenters. The van der Waals surface area contributed by atoms with E-state index in [4.69, 9.17) is 16.3 Å². The van der Waals surface area contributed by atoms with Crippen LogP contribution in [0.15, 0.2) is 57.6 Å². The van der Waals surface area contributed by atoms with Crippen molar-refractivity contribution in [3.05, 3.63) is 78.9 Å². The highest BCUT2D eigenvalue weighted by Crippen LogP contribution is 2.28. The van der Waals surface area contributed by atoms with Gasteiger partial charge in [-0.05, 0) is 23.8 Å². The third-order valence-electron chi connectivity index (χ3n) is 3.21. The molecule has 8 heteroatoms. The second-order valence-electron chi connectivity index (χ2n) is 4.78. The highest BCUT2D eigenvalue weighted by atomic mass is 79.9. The molecule has 0 unspecified atom stereocenters. The number of esters is 1. The molecule has 0 aromatic heterocycles. The summed E-state index contributed by atoms with van der Waals surface area (Å²) in [6.45, 7) is 0. The van der Waals surface area contributed by atoms with Crippen LogP contribution in [-0.2, 0) is 9.53 Å². The highest BCUT2D eigenvalue weighted by Gasteiger charge is 2.27. The van der Waals surface area contributed by atoms with Gasteiger partial charge in [-0.2, -0.15) is 0 Å². The molecule has 0 aliphatic carbocycles. The molecule has 1 heterocycles. The van der Waals surface area contributed by atoms with Gasteiger partial charge in [0.05, 0.1) is 15.5 Å². The zero-order valence-electron chi connectivity index (χ0n) is 11.9. The van der Waals surface area contributed by atoms with Gasteiger partial charge in [-0.15, -0.1) is 0 Å². The predicted molar refractivity (Wildman–Crippen MR) is 92.9 cm³/mol. The number of hydrogen-bond donors (Lipinski definition) is 0. The smallest absolute Gasteiger partial charge is 0.363 e. The molecule has 24 heavy (non-hydrogen) atoms. The summed E-state index contributed by atoms with van der Waals surface area (Å²) >= 11 is 9.42. The van der Waals surface area contributed by atoms with E-state index in [1.165, 1.54) is 18.2 Å². The summed E-state index contributed by atoms with van der Waals surface area (Å²) in [4.78, 5) is 26.4. The number of nitrogens with zero attached hydrogens (tertiary/aromatic N) is 2. The molecule has 0 fully saturated rings. The number of cyclic esters (lactones) is 1. The van der Waals surface area contributed by atoms with Crippen LogP contribution >= 0.6 is 27.5 Å². The van der Waals surface area contributed by atoms with E-state index < -0.39 is 10.9 Å². The average Bonchev–Trinajstić information content (AvgIpc) is 2.90. The Labute approximate surface area is 149 Å². The Balaban J connectivity index is 2.03. The summed E-state index contributed by atoms with van der Waals surface area (Å²) < 4.78 is 5.90. The van der Waals surface area contributed by atoms with Gasteiger partial charge in [-0.1, -0.05) is 45.7 Å². The molecule has 3 rings (SSSR count). The number of carbonyl (C=O) groups excluding carboxylic acids is 1. The van der Waals surface area contributed by atoms with Crippen molar-refractivity contribution in [2.75, 3.05) is 0 Å². The Morgan fingerprint density at radius 3 is 2.71 bits per heavy atom.